The van der Waals surface area contributed by atoms with E-state index < -0.39 is 23.8 Å². The summed E-state index contributed by atoms with van der Waals surface area (Å²) in [6, 6.07) is 8.39. The van der Waals surface area contributed by atoms with Crippen molar-refractivity contribution in [1.29, 1.82) is 0 Å². The molecule has 1 saturated heterocycles. The molecular weight excluding hydrogens is 260 g/mol. The molecule has 1 fully saturated rings. The SMILES string of the molecule is C[C@H](C(=O)O)N1CCN(Cc2ccccc2)C(=O)C1=O. The lowest BCUT2D eigenvalue weighted by Crippen LogP contribution is -2.57. The van der Waals surface area contributed by atoms with Crippen LogP contribution in [0, 0.1) is 0 Å². The lowest BCUT2D eigenvalue weighted by atomic mass is 10.1. The van der Waals surface area contributed by atoms with Gasteiger partial charge < -0.3 is 14.9 Å². The fraction of sp³-hybridized carbons (Fsp3) is 0.357. The molecule has 1 aromatic rings. The van der Waals surface area contributed by atoms with Crippen LogP contribution in [0.2, 0.25) is 0 Å². The number of hydrogen-bond acceptors (Lipinski definition) is 3. The Labute approximate surface area is 116 Å². The van der Waals surface area contributed by atoms with E-state index >= 15 is 0 Å². The minimum Gasteiger partial charge on any atom is -0.480 e. The summed E-state index contributed by atoms with van der Waals surface area (Å²) in [7, 11) is 0. The molecule has 1 N–H and O–H groups in total. The molecule has 106 valence electrons. The maximum absolute atomic E-state index is 12.0. The van der Waals surface area contributed by atoms with Crippen molar-refractivity contribution in [3.05, 3.63) is 35.9 Å². The Morgan fingerprint density at radius 1 is 1.20 bits per heavy atom. The molecule has 2 rings (SSSR count). The van der Waals surface area contributed by atoms with E-state index in [4.69, 9.17) is 5.11 Å². The molecule has 0 unspecified atom stereocenters. The molecule has 6 heteroatoms. The Hall–Kier alpha value is -2.37. The molecule has 6 nitrogen and oxygen atoms in total. The molecule has 1 aromatic carbocycles. The van der Waals surface area contributed by atoms with Gasteiger partial charge in [-0.3, -0.25) is 9.59 Å². The minimum absolute atomic E-state index is 0.241. The van der Waals surface area contributed by atoms with Crippen LogP contribution in [-0.2, 0) is 20.9 Å². The van der Waals surface area contributed by atoms with Crippen molar-refractivity contribution >= 4 is 17.8 Å². The van der Waals surface area contributed by atoms with E-state index in [0.717, 1.165) is 10.5 Å². The average Bonchev–Trinajstić information content (AvgIpc) is 2.44. The summed E-state index contributed by atoms with van der Waals surface area (Å²) in [4.78, 5) is 37.4. The summed E-state index contributed by atoms with van der Waals surface area (Å²) in [5, 5.41) is 8.92. The van der Waals surface area contributed by atoms with Crippen molar-refractivity contribution in [3.8, 4) is 0 Å². The van der Waals surface area contributed by atoms with Gasteiger partial charge in [0.25, 0.3) is 0 Å². The molecule has 20 heavy (non-hydrogen) atoms. The first-order valence-electron chi connectivity index (χ1n) is 6.37. The minimum atomic E-state index is -1.11. The zero-order valence-corrected chi connectivity index (χ0v) is 11.2. The van der Waals surface area contributed by atoms with E-state index in [2.05, 4.69) is 0 Å². The molecule has 1 aliphatic heterocycles. The van der Waals surface area contributed by atoms with Crippen molar-refractivity contribution in [3.63, 3.8) is 0 Å². The molecule has 0 bridgehead atoms. The summed E-state index contributed by atoms with van der Waals surface area (Å²) in [5.74, 6) is -2.50. The van der Waals surface area contributed by atoms with Gasteiger partial charge in [-0.25, -0.2) is 4.79 Å². The summed E-state index contributed by atoms with van der Waals surface area (Å²) in [6.45, 7) is 2.35. The fourth-order valence-electron chi connectivity index (χ4n) is 2.15. The van der Waals surface area contributed by atoms with Crippen LogP contribution in [0.25, 0.3) is 0 Å². The molecule has 0 saturated carbocycles. The number of carbonyl (C=O) groups is 3. The van der Waals surface area contributed by atoms with Crippen LogP contribution in [0.5, 0.6) is 0 Å². The predicted octanol–water partition coefficient (Wildman–Crippen LogP) is 0.330. The standard InChI is InChI=1S/C14H16N2O4/c1-10(14(19)20)16-8-7-15(12(17)13(16)18)9-11-5-3-2-4-6-11/h2-6,10H,7-9H2,1H3,(H,19,20)/t10-/m1/s1. The highest BCUT2D eigenvalue weighted by Crippen LogP contribution is 2.13. The third kappa shape index (κ3) is 2.79. The number of carbonyl (C=O) groups excluding carboxylic acids is 2. The Morgan fingerprint density at radius 3 is 2.45 bits per heavy atom. The van der Waals surface area contributed by atoms with E-state index in [1.807, 2.05) is 30.3 Å². The quantitative estimate of drug-likeness (QED) is 0.804. The van der Waals surface area contributed by atoms with Gasteiger partial charge in [0.15, 0.2) is 0 Å². The number of rotatable bonds is 4. The van der Waals surface area contributed by atoms with Crippen LogP contribution in [0.3, 0.4) is 0 Å². The summed E-state index contributed by atoms with van der Waals surface area (Å²) >= 11 is 0. The van der Waals surface area contributed by atoms with E-state index in [9.17, 15) is 14.4 Å². The third-order valence-electron chi connectivity index (χ3n) is 3.38. The molecule has 0 radical (unpaired) electrons. The lowest BCUT2D eigenvalue weighted by Gasteiger charge is -2.35. The van der Waals surface area contributed by atoms with Gasteiger partial charge in [0.05, 0.1) is 0 Å². The van der Waals surface area contributed by atoms with Crippen molar-refractivity contribution < 1.29 is 19.5 Å². The largest absolute Gasteiger partial charge is 0.480 e. The van der Waals surface area contributed by atoms with Gasteiger partial charge in [0.1, 0.15) is 6.04 Å². The van der Waals surface area contributed by atoms with E-state index in [1.165, 1.54) is 11.8 Å². The normalized spacial score (nSPS) is 17.2. The number of piperazine rings is 1. The van der Waals surface area contributed by atoms with Crippen LogP contribution in [-0.4, -0.2) is 51.8 Å². The summed E-state index contributed by atoms with van der Waals surface area (Å²) in [6.07, 6.45) is 0. The molecule has 0 spiro atoms. The van der Waals surface area contributed by atoms with E-state index in [0.29, 0.717) is 13.1 Å². The molecular formula is C14H16N2O4. The lowest BCUT2D eigenvalue weighted by molar-refractivity contribution is -0.162. The maximum atomic E-state index is 12.0. The zero-order chi connectivity index (χ0) is 14.7. The van der Waals surface area contributed by atoms with Crippen molar-refractivity contribution in [1.82, 2.24) is 9.80 Å². The second-order valence-corrected chi connectivity index (χ2v) is 4.73. The van der Waals surface area contributed by atoms with Crippen molar-refractivity contribution in [2.75, 3.05) is 13.1 Å². The summed E-state index contributed by atoms with van der Waals surface area (Å²) < 4.78 is 0. The van der Waals surface area contributed by atoms with Gasteiger partial charge in [0.2, 0.25) is 0 Å². The molecule has 2 amide bonds. The Morgan fingerprint density at radius 2 is 1.85 bits per heavy atom. The second kappa shape index (κ2) is 5.73. The average molecular weight is 276 g/mol. The highest BCUT2D eigenvalue weighted by molar-refractivity contribution is 6.35. The first kappa shape index (κ1) is 14.0. The van der Waals surface area contributed by atoms with Crippen LogP contribution in [0.4, 0.5) is 0 Å². The fourth-order valence-corrected chi connectivity index (χ4v) is 2.15. The van der Waals surface area contributed by atoms with Crippen molar-refractivity contribution in [2.45, 2.75) is 19.5 Å². The first-order valence-corrected chi connectivity index (χ1v) is 6.37. The highest BCUT2D eigenvalue weighted by Gasteiger charge is 2.37. The number of carboxylic acid groups (broad SMARTS) is 1. The van der Waals surface area contributed by atoms with Crippen LogP contribution in [0.15, 0.2) is 30.3 Å². The maximum Gasteiger partial charge on any atom is 0.326 e. The predicted molar refractivity (Wildman–Crippen MR) is 70.7 cm³/mol. The number of amides is 2. The Balaban J connectivity index is 2.06. The topological polar surface area (TPSA) is 77.9 Å². The molecule has 1 atom stereocenters. The first-order chi connectivity index (χ1) is 9.50. The van der Waals surface area contributed by atoms with Gasteiger partial charge in [-0.05, 0) is 12.5 Å². The van der Waals surface area contributed by atoms with Crippen LogP contribution < -0.4 is 0 Å². The summed E-state index contributed by atoms with van der Waals surface area (Å²) in [5.41, 5.74) is 0.938. The molecule has 1 aliphatic rings. The number of aliphatic carboxylic acids is 1. The van der Waals surface area contributed by atoms with E-state index in [1.54, 1.807) is 0 Å². The van der Waals surface area contributed by atoms with Gasteiger partial charge in [0, 0.05) is 19.6 Å². The van der Waals surface area contributed by atoms with Gasteiger partial charge in [-0.1, -0.05) is 30.3 Å². The van der Waals surface area contributed by atoms with Crippen LogP contribution >= 0.6 is 0 Å². The molecule has 0 aromatic heterocycles. The third-order valence-corrected chi connectivity index (χ3v) is 3.38. The number of nitrogens with zero attached hydrogens (tertiary/aromatic N) is 2. The monoisotopic (exact) mass is 276 g/mol. The smallest absolute Gasteiger partial charge is 0.326 e. The second-order valence-electron chi connectivity index (χ2n) is 4.73. The Kier molecular flexibility index (Phi) is 4.02. The molecule has 1 heterocycles. The highest BCUT2D eigenvalue weighted by atomic mass is 16.4. The van der Waals surface area contributed by atoms with Crippen LogP contribution in [0.1, 0.15) is 12.5 Å². The van der Waals surface area contributed by atoms with Crippen molar-refractivity contribution in [2.24, 2.45) is 0 Å². The van der Waals surface area contributed by atoms with Gasteiger partial charge in [-0.15, -0.1) is 0 Å². The molecule has 0 aliphatic carbocycles. The van der Waals surface area contributed by atoms with Gasteiger partial charge >= 0.3 is 17.8 Å². The number of carboxylic acids is 1. The zero-order valence-electron chi connectivity index (χ0n) is 11.2. The Bertz CT molecular complexity index is 529. The number of hydrogen-bond donors (Lipinski definition) is 1. The number of benzene rings is 1. The van der Waals surface area contributed by atoms with Gasteiger partial charge in [-0.2, -0.15) is 0 Å². The van der Waals surface area contributed by atoms with E-state index in [-0.39, 0.29) is 6.54 Å².